The highest BCUT2D eigenvalue weighted by atomic mass is 35.5. The summed E-state index contributed by atoms with van der Waals surface area (Å²) in [6, 6.07) is 17.0. The fraction of sp³-hybridized carbons (Fsp3) is 0.222. The Morgan fingerprint density at radius 2 is 1.68 bits per heavy atom. The van der Waals surface area contributed by atoms with E-state index in [1.54, 1.807) is 42.6 Å². The minimum atomic E-state index is -1.32. The summed E-state index contributed by atoms with van der Waals surface area (Å²) in [5.74, 6) is -1.80. The Labute approximate surface area is 239 Å². The molecule has 1 saturated carbocycles. The number of halogens is 5. The first kappa shape index (κ1) is 27.7. The van der Waals surface area contributed by atoms with Crippen molar-refractivity contribution >= 4 is 81.6 Å². The first-order valence-electron chi connectivity index (χ1n) is 11.3. The number of benzene rings is 3. The lowest BCUT2D eigenvalue weighted by Crippen LogP contribution is -2.17. The Hall–Kier alpha value is -2.28. The molecule has 2 unspecified atom stereocenters. The van der Waals surface area contributed by atoms with Gasteiger partial charge >= 0.3 is 0 Å². The van der Waals surface area contributed by atoms with Gasteiger partial charge in [-0.05, 0) is 60.0 Å². The summed E-state index contributed by atoms with van der Waals surface area (Å²) in [4.78, 5) is 31.0. The molecule has 37 heavy (non-hydrogen) atoms. The Kier molecular flexibility index (Phi) is 8.72. The van der Waals surface area contributed by atoms with E-state index in [-0.39, 0.29) is 17.2 Å². The van der Waals surface area contributed by atoms with Gasteiger partial charge in [0.05, 0.1) is 17.2 Å². The molecule has 0 aromatic heterocycles. The van der Waals surface area contributed by atoms with Gasteiger partial charge in [0.2, 0.25) is 5.91 Å². The summed E-state index contributed by atoms with van der Waals surface area (Å²) in [5, 5.41) is 7.75. The molecule has 1 amide bonds. The van der Waals surface area contributed by atoms with Gasteiger partial charge in [-0.2, -0.15) is 0 Å². The lowest BCUT2D eigenvalue weighted by molar-refractivity contribution is -0.117. The molecule has 4 rings (SSSR count). The summed E-state index contributed by atoms with van der Waals surface area (Å²) in [5.41, 5.74) is 3.02. The zero-order chi connectivity index (χ0) is 26.7. The Morgan fingerprint density at radius 3 is 2.32 bits per heavy atom. The van der Waals surface area contributed by atoms with Crippen molar-refractivity contribution in [3.05, 3.63) is 98.0 Å². The van der Waals surface area contributed by atoms with Gasteiger partial charge in [-0.1, -0.05) is 64.2 Å². The molecular weight excluding hydrogens is 578 g/mol. The predicted octanol–water partition coefficient (Wildman–Crippen LogP) is 7.97. The van der Waals surface area contributed by atoms with Gasteiger partial charge in [-0.25, -0.2) is 0 Å². The van der Waals surface area contributed by atoms with E-state index < -0.39 is 22.1 Å². The van der Waals surface area contributed by atoms with Crippen LogP contribution in [-0.4, -0.2) is 28.8 Å². The molecule has 0 bridgehead atoms. The molecule has 1 fully saturated rings. The first-order chi connectivity index (χ1) is 17.6. The number of Topliss-reactive ketones (excluding diaryl/α,β-unsaturated/α-hetero) is 1. The van der Waals surface area contributed by atoms with Gasteiger partial charge in [0, 0.05) is 33.6 Å². The number of hydrogen-bond donors (Lipinski definition) is 1. The molecule has 1 aliphatic carbocycles. The monoisotopic (exact) mass is 596 g/mol. The first-order valence-corrected chi connectivity index (χ1v) is 13.2. The number of oxime groups is 1. The van der Waals surface area contributed by atoms with Crippen LogP contribution >= 0.6 is 58.0 Å². The second-order valence-electron chi connectivity index (χ2n) is 8.51. The van der Waals surface area contributed by atoms with E-state index in [9.17, 15) is 9.59 Å². The van der Waals surface area contributed by atoms with Crippen LogP contribution in [0.25, 0.3) is 0 Å². The van der Waals surface area contributed by atoms with Crippen molar-refractivity contribution < 1.29 is 14.4 Å². The second-order valence-corrected chi connectivity index (χ2v) is 11.2. The number of anilines is 1. The van der Waals surface area contributed by atoms with Crippen molar-refractivity contribution in [1.82, 2.24) is 0 Å². The number of nitrogens with zero attached hydrogens (tertiary/aromatic N) is 1. The summed E-state index contributed by atoms with van der Waals surface area (Å²) in [6.07, 6.45) is 1.73. The maximum Gasteiger partial charge on any atom is 0.231 e. The third kappa shape index (κ3) is 6.60. The average Bonchev–Trinajstić information content (AvgIpc) is 3.43. The number of carbonyl (C=O) groups excluding carboxylic acids is 2. The van der Waals surface area contributed by atoms with E-state index in [4.69, 9.17) is 62.8 Å². The molecule has 5 nitrogen and oxygen atoms in total. The van der Waals surface area contributed by atoms with Crippen LogP contribution in [0.1, 0.15) is 39.9 Å². The van der Waals surface area contributed by atoms with Crippen molar-refractivity contribution in [3.8, 4) is 0 Å². The Morgan fingerprint density at radius 1 is 1.00 bits per heavy atom. The molecule has 0 radical (unpaired) electrons. The standard InChI is InChI=1S/C27H21Cl5N2O3/c1-2-37-33-14-16-5-3-15(4-6-16)9-23(35)21-13-20(7-8-22(21)30)34-26(36)25-24(27(25,31)32)17-10-18(28)12-19(29)11-17/h3-8,10-14,24-25H,2,9H2,1H3,(H,34,36)/b33-14+. The van der Waals surface area contributed by atoms with E-state index in [2.05, 4.69) is 10.5 Å². The molecule has 1 aliphatic rings. The number of rotatable bonds is 9. The van der Waals surface area contributed by atoms with Gasteiger partial charge in [0.1, 0.15) is 10.9 Å². The SMILES string of the molecule is CCO/N=C/c1ccc(CC(=O)c2cc(NC(=O)C3C(c4cc(Cl)cc(Cl)c4)C3(Cl)Cl)ccc2Cl)cc1. The fourth-order valence-corrected chi connectivity index (χ4v) is 5.63. The Balaban J connectivity index is 1.45. The van der Waals surface area contributed by atoms with Crippen LogP contribution in [-0.2, 0) is 16.1 Å². The van der Waals surface area contributed by atoms with Gasteiger partial charge < -0.3 is 10.2 Å². The lowest BCUT2D eigenvalue weighted by atomic mass is 10.0. The summed E-state index contributed by atoms with van der Waals surface area (Å²) >= 11 is 31.4. The number of carbonyl (C=O) groups is 2. The fourth-order valence-electron chi connectivity index (χ4n) is 4.03. The van der Waals surface area contributed by atoms with E-state index in [1.165, 1.54) is 0 Å². The molecule has 1 N–H and O–H groups in total. The van der Waals surface area contributed by atoms with Gasteiger partial charge in [0.25, 0.3) is 0 Å². The summed E-state index contributed by atoms with van der Waals surface area (Å²) in [7, 11) is 0. The van der Waals surface area contributed by atoms with E-state index >= 15 is 0 Å². The zero-order valence-corrected chi connectivity index (χ0v) is 23.3. The van der Waals surface area contributed by atoms with Crippen LogP contribution in [0.5, 0.6) is 0 Å². The van der Waals surface area contributed by atoms with Crippen LogP contribution in [0, 0.1) is 5.92 Å². The van der Waals surface area contributed by atoms with Crippen LogP contribution in [0.4, 0.5) is 5.69 Å². The normalized spacial score (nSPS) is 18.0. The van der Waals surface area contributed by atoms with Crippen LogP contribution in [0.15, 0.2) is 65.8 Å². The van der Waals surface area contributed by atoms with Crippen LogP contribution in [0.3, 0.4) is 0 Å². The summed E-state index contributed by atoms with van der Waals surface area (Å²) < 4.78 is -1.32. The molecule has 3 aromatic rings. The maximum absolute atomic E-state index is 13.0. The van der Waals surface area contributed by atoms with Crippen molar-refractivity contribution in [2.45, 2.75) is 23.6 Å². The predicted molar refractivity (Wildman–Crippen MR) is 151 cm³/mol. The maximum atomic E-state index is 13.0. The molecule has 0 spiro atoms. The number of nitrogens with one attached hydrogen (secondary N) is 1. The van der Waals surface area contributed by atoms with E-state index in [1.807, 2.05) is 31.2 Å². The minimum absolute atomic E-state index is 0.132. The van der Waals surface area contributed by atoms with Gasteiger partial charge in [-0.15, -0.1) is 23.2 Å². The van der Waals surface area contributed by atoms with Crippen molar-refractivity contribution in [1.29, 1.82) is 0 Å². The molecule has 0 saturated heterocycles. The number of hydrogen-bond acceptors (Lipinski definition) is 4. The zero-order valence-electron chi connectivity index (χ0n) is 19.5. The quantitative estimate of drug-likeness (QED) is 0.118. The highest BCUT2D eigenvalue weighted by molar-refractivity contribution is 6.53. The molecule has 192 valence electrons. The van der Waals surface area contributed by atoms with E-state index in [0.29, 0.717) is 33.5 Å². The number of amides is 1. The smallest absolute Gasteiger partial charge is 0.231 e. The van der Waals surface area contributed by atoms with Crippen LogP contribution < -0.4 is 5.32 Å². The van der Waals surface area contributed by atoms with Crippen molar-refractivity contribution in [2.24, 2.45) is 11.1 Å². The molecule has 3 aromatic carbocycles. The summed E-state index contributed by atoms with van der Waals surface area (Å²) in [6.45, 7) is 2.33. The van der Waals surface area contributed by atoms with Gasteiger partial charge in [-0.3, -0.25) is 9.59 Å². The third-order valence-corrected chi connectivity index (χ3v) is 7.57. The molecule has 2 atom stereocenters. The minimum Gasteiger partial charge on any atom is -0.396 e. The van der Waals surface area contributed by atoms with Gasteiger partial charge in [0.15, 0.2) is 5.78 Å². The van der Waals surface area contributed by atoms with Crippen molar-refractivity contribution in [2.75, 3.05) is 11.9 Å². The third-order valence-electron chi connectivity index (χ3n) is 5.86. The molecule has 10 heteroatoms. The molecular formula is C27H21Cl5N2O3. The van der Waals surface area contributed by atoms with Crippen molar-refractivity contribution in [3.63, 3.8) is 0 Å². The number of ketones is 1. The second kappa shape index (κ2) is 11.6. The van der Waals surface area contributed by atoms with Crippen LogP contribution in [0.2, 0.25) is 15.1 Å². The molecule has 0 aliphatic heterocycles. The largest absolute Gasteiger partial charge is 0.396 e. The average molecular weight is 599 g/mol. The lowest BCUT2D eigenvalue weighted by Gasteiger charge is -2.09. The number of alkyl halides is 2. The highest BCUT2D eigenvalue weighted by Gasteiger charge is 2.67. The Bertz CT molecular complexity index is 1340. The van der Waals surface area contributed by atoms with E-state index in [0.717, 1.165) is 11.1 Å². The molecule has 0 heterocycles. The topological polar surface area (TPSA) is 67.8 Å². The highest BCUT2D eigenvalue weighted by Crippen LogP contribution is 2.65.